The van der Waals surface area contributed by atoms with Crippen molar-refractivity contribution in [1.82, 2.24) is 8.61 Å². The van der Waals surface area contributed by atoms with Crippen molar-refractivity contribution in [3.05, 3.63) is 96.1 Å². The summed E-state index contributed by atoms with van der Waals surface area (Å²) in [6.07, 6.45) is 12.3. The van der Waals surface area contributed by atoms with E-state index in [0.29, 0.717) is 38.5 Å². The number of sulfonamides is 2. The van der Waals surface area contributed by atoms with Gasteiger partial charge in [-0.1, -0.05) is 71.8 Å². The molecular weight excluding hydrogens is 653 g/mol. The Bertz CT molecular complexity index is 1590. The normalized spacial score (nSPS) is 20.4. The van der Waals surface area contributed by atoms with Crippen molar-refractivity contribution in [2.45, 2.75) is 100 Å². The molecule has 0 unspecified atom stereocenters. The number of carbonyl (C=O) groups is 2. The van der Waals surface area contributed by atoms with Crippen LogP contribution in [0.2, 0.25) is 0 Å². The molecule has 2 aliphatic heterocycles. The van der Waals surface area contributed by atoms with Crippen molar-refractivity contribution in [2.24, 2.45) is 0 Å². The van der Waals surface area contributed by atoms with Crippen LogP contribution in [0.4, 0.5) is 0 Å². The molecule has 0 bridgehead atoms. The third kappa shape index (κ3) is 9.97. The van der Waals surface area contributed by atoms with Crippen molar-refractivity contribution in [3.63, 3.8) is 0 Å². The molecule has 4 rings (SSSR count). The van der Waals surface area contributed by atoms with E-state index in [2.05, 4.69) is 0 Å². The number of hydrogen-bond donors (Lipinski definition) is 0. The van der Waals surface area contributed by atoms with Crippen LogP contribution in [0, 0.1) is 13.8 Å². The summed E-state index contributed by atoms with van der Waals surface area (Å²) in [5.74, 6) is -0.934. The number of esters is 2. The first-order valence-electron chi connectivity index (χ1n) is 16.2. The zero-order valence-electron chi connectivity index (χ0n) is 28.0. The third-order valence-electron chi connectivity index (χ3n) is 8.49. The summed E-state index contributed by atoms with van der Waals surface area (Å²) in [4.78, 5) is 24.5. The van der Waals surface area contributed by atoms with Gasteiger partial charge in [0, 0.05) is 64.7 Å². The van der Waals surface area contributed by atoms with Gasteiger partial charge in [0.1, 0.15) is 12.2 Å². The number of benzene rings is 2. The van der Waals surface area contributed by atoms with Crippen molar-refractivity contribution >= 4 is 32.0 Å². The minimum absolute atomic E-state index is 0.215. The third-order valence-corrected chi connectivity index (χ3v) is 12.4. The fraction of sp³-hybridized carbons (Fsp3) is 0.444. The van der Waals surface area contributed by atoms with Gasteiger partial charge in [0.2, 0.25) is 20.0 Å². The zero-order valence-corrected chi connectivity index (χ0v) is 29.7. The average molecular weight is 699 g/mol. The molecule has 2 aliphatic rings. The van der Waals surface area contributed by atoms with Gasteiger partial charge in [-0.15, -0.1) is 0 Å². The summed E-state index contributed by atoms with van der Waals surface area (Å²) in [6, 6.07) is 12.7. The highest BCUT2D eigenvalue weighted by Crippen LogP contribution is 2.29. The van der Waals surface area contributed by atoms with Gasteiger partial charge in [0.25, 0.3) is 0 Å². The van der Waals surface area contributed by atoms with E-state index in [-0.39, 0.29) is 22.9 Å². The van der Waals surface area contributed by atoms with E-state index >= 15 is 0 Å². The van der Waals surface area contributed by atoms with Crippen LogP contribution in [0.5, 0.6) is 0 Å². The van der Waals surface area contributed by atoms with Crippen molar-refractivity contribution < 1.29 is 35.9 Å². The number of carbonyl (C=O) groups excluding carboxylic acids is 2. The monoisotopic (exact) mass is 698 g/mol. The summed E-state index contributed by atoms with van der Waals surface area (Å²) in [6.45, 7) is 6.89. The Morgan fingerprint density at radius 2 is 1.02 bits per heavy atom. The summed E-state index contributed by atoms with van der Waals surface area (Å²) in [7, 11) is -7.55. The van der Waals surface area contributed by atoms with Gasteiger partial charge in [0.15, 0.2) is 0 Å². The number of ether oxygens (including phenoxy) is 2. The first-order valence-corrected chi connectivity index (χ1v) is 19.1. The molecule has 0 fully saturated rings. The molecule has 0 aromatic heterocycles. The standard InChI is InChI=1S/C36H46N2O8S2/c1-27-15-19-35(20-16-27)47(41,42)37-23-9-7-11-31(37)25-33(45-29(3)39)13-5-6-14-34(46-30(4)40)26-32-12-8-10-24-38(32)48(43,44)36-21-17-28(2)18-22-36/h5-10,15-22,31-34H,11-14,23-26H2,1-4H3/b6-5-/t31-,32-,33-,34-/m1/s1. The lowest BCUT2D eigenvalue weighted by Crippen LogP contribution is -2.44. The Hall–Kier alpha value is -3.58. The number of aryl methyl sites for hydroxylation is 2. The van der Waals surface area contributed by atoms with Gasteiger partial charge in [-0.3, -0.25) is 9.59 Å². The van der Waals surface area contributed by atoms with Gasteiger partial charge < -0.3 is 9.47 Å². The molecule has 48 heavy (non-hydrogen) atoms. The number of nitrogens with zero attached hydrogens (tertiary/aromatic N) is 2. The van der Waals surface area contributed by atoms with Gasteiger partial charge in [-0.25, -0.2) is 16.8 Å². The Morgan fingerprint density at radius 1 is 0.667 bits per heavy atom. The van der Waals surface area contributed by atoms with Crippen LogP contribution in [0.25, 0.3) is 0 Å². The fourth-order valence-corrected chi connectivity index (χ4v) is 9.26. The van der Waals surface area contributed by atoms with Crippen molar-refractivity contribution in [3.8, 4) is 0 Å². The molecule has 10 nitrogen and oxygen atoms in total. The van der Waals surface area contributed by atoms with E-state index in [4.69, 9.17) is 9.47 Å². The number of hydrogen-bond acceptors (Lipinski definition) is 8. The molecule has 2 aromatic rings. The van der Waals surface area contributed by atoms with Gasteiger partial charge in [0.05, 0.1) is 9.79 Å². The van der Waals surface area contributed by atoms with E-state index in [0.717, 1.165) is 11.1 Å². The Morgan fingerprint density at radius 3 is 1.35 bits per heavy atom. The number of rotatable bonds is 14. The largest absolute Gasteiger partial charge is 0.462 e. The molecule has 0 aliphatic carbocycles. The second kappa shape index (κ2) is 16.7. The predicted octanol–water partition coefficient (Wildman–Crippen LogP) is 5.62. The van der Waals surface area contributed by atoms with Crippen LogP contribution in [0.3, 0.4) is 0 Å². The maximum atomic E-state index is 13.6. The Labute approximate surface area is 285 Å². The highest BCUT2D eigenvalue weighted by Gasteiger charge is 2.35. The lowest BCUT2D eigenvalue weighted by atomic mass is 9.99. The SMILES string of the molecule is CC(=O)O[C@H](C/C=C\C[C@H](C[C@H]1CC=CCN1S(=O)(=O)c1ccc(C)cc1)OC(C)=O)C[C@H]1CC=CCN1S(=O)(=O)c1ccc(C)cc1. The Kier molecular flexibility index (Phi) is 12.9. The molecule has 0 spiro atoms. The van der Waals surface area contributed by atoms with Crippen molar-refractivity contribution in [2.75, 3.05) is 13.1 Å². The van der Waals surface area contributed by atoms with E-state index in [1.807, 2.05) is 50.3 Å². The second-order valence-electron chi connectivity index (χ2n) is 12.4. The van der Waals surface area contributed by atoms with Crippen LogP contribution in [0.15, 0.2) is 94.8 Å². The smallest absolute Gasteiger partial charge is 0.302 e. The quantitative estimate of drug-likeness (QED) is 0.184. The highest BCUT2D eigenvalue weighted by atomic mass is 32.2. The van der Waals surface area contributed by atoms with E-state index < -0.39 is 56.3 Å². The second-order valence-corrected chi connectivity index (χ2v) is 16.2. The molecule has 260 valence electrons. The highest BCUT2D eigenvalue weighted by molar-refractivity contribution is 7.89. The molecule has 0 radical (unpaired) electrons. The first kappa shape index (κ1) is 37.2. The van der Waals surface area contributed by atoms with Crippen molar-refractivity contribution in [1.29, 1.82) is 0 Å². The molecule has 12 heteroatoms. The maximum absolute atomic E-state index is 13.6. The minimum Gasteiger partial charge on any atom is -0.462 e. The minimum atomic E-state index is -3.78. The molecule has 4 atom stereocenters. The molecule has 0 amide bonds. The first-order chi connectivity index (χ1) is 22.8. The summed E-state index contributed by atoms with van der Waals surface area (Å²) in [5, 5.41) is 0. The topological polar surface area (TPSA) is 127 Å². The summed E-state index contributed by atoms with van der Waals surface area (Å²) < 4.78 is 68.4. The summed E-state index contributed by atoms with van der Waals surface area (Å²) >= 11 is 0. The lowest BCUT2D eigenvalue weighted by molar-refractivity contribution is -0.148. The fourth-order valence-electron chi connectivity index (χ4n) is 6.06. The molecule has 2 aromatic carbocycles. The average Bonchev–Trinajstić information content (AvgIpc) is 3.03. The predicted molar refractivity (Wildman–Crippen MR) is 184 cm³/mol. The maximum Gasteiger partial charge on any atom is 0.302 e. The van der Waals surface area contributed by atoms with E-state index in [1.54, 1.807) is 48.5 Å². The molecule has 0 N–H and O–H groups in total. The zero-order chi connectivity index (χ0) is 34.9. The molecule has 2 heterocycles. The lowest BCUT2D eigenvalue weighted by Gasteiger charge is -2.34. The van der Waals surface area contributed by atoms with E-state index in [9.17, 15) is 26.4 Å². The molecule has 0 saturated heterocycles. The summed E-state index contributed by atoms with van der Waals surface area (Å²) in [5.41, 5.74) is 1.92. The van der Waals surface area contributed by atoms with Crippen LogP contribution in [-0.4, -0.2) is 74.8 Å². The molecule has 0 saturated carbocycles. The van der Waals surface area contributed by atoms with Gasteiger partial charge in [-0.05, 0) is 51.0 Å². The Balaban J connectivity index is 1.44. The van der Waals surface area contributed by atoms with Crippen LogP contribution in [-0.2, 0) is 39.1 Å². The van der Waals surface area contributed by atoms with E-state index in [1.165, 1.54) is 22.5 Å². The molecular formula is C36H46N2O8S2. The van der Waals surface area contributed by atoms with Crippen LogP contribution < -0.4 is 0 Å². The van der Waals surface area contributed by atoms with Gasteiger partial charge >= 0.3 is 11.9 Å². The van der Waals surface area contributed by atoms with Crippen LogP contribution >= 0.6 is 0 Å². The van der Waals surface area contributed by atoms with Crippen LogP contribution in [0.1, 0.15) is 63.5 Å². The van der Waals surface area contributed by atoms with Gasteiger partial charge in [-0.2, -0.15) is 8.61 Å².